The number of aromatic nitrogens is 3. The smallest absolute Gasteiger partial charge is 0.303 e. The average molecular weight is 755 g/mol. The quantitative estimate of drug-likeness (QED) is 0.137. The molecule has 2 N–H and O–H groups in total. The number of aliphatic hydroxyl groups excluding tert-OH is 1. The van der Waals surface area contributed by atoms with Crippen LogP contribution in [0, 0.1) is 24.2 Å². The number of nitriles is 1. The molecule has 0 aliphatic carbocycles. The van der Waals surface area contributed by atoms with E-state index in [0.717, 1.165) is 113 Å². The molecule has 4 heterocycles. The van der Waals surface area contributed by atoms with E-state index in [-0.39, 0.29) is 18.4 Å². The molecule has 288 valence electrons. The van der Waals surface area contributed by atoms with Crippen LogP contribution in [0.2, 0.25) is 0 Å². The number of likely N-dealkylation sites (tertiary alicyclic amines) is 2. The Morgan fingerprint density at radius 3 is 2.27 bits per heavy atom. The highest BCUT2D eigenvalue weighted by molar-refractivity contribution is 5.97. The predicted molar refractivity (Wildman–Crippen MR) is 213 cm³/mol. The Bertz CT molecular complexity index is 2420. The molecule has 6 aromatic rings. The van der Waals surface area contributed by atoms with Crippen LogP contribution >= 0.6 is 0 Å². The number of aliphatic hydroxyl groups is 1. The van der Waals surface area contributed by atoms with Gasteiger partial charge in [0.05, 0.1) is 48.9 Å². The first kappa shape index (κ1) is 37.2. The highest BCUT2D eigenvalue weighted by atomic mass is 16.5. The summed E-state index contributed by atoms with van der Waals surface area (Å²) in [4.78, 5) is 20.7. The summed E-state index contributed by atoms with van der Waals surface area (Å²) in [7, 11) is 3.34. The Hall–Kier alpha value is -5.74. The number of fused-ring (bicyclic) bond motifs is 2. The fraction of sp³-hybridized carbons (Fsp3) is 0.364. The second kappa shape index (κ2) is 15.8. The molecule has 0 radical (unpaired) electrons. The zero-order chi connectivity index (χ0) is 38.9. The van der Waals surface area contributed by atoms with E-state index in [4.69, 9.17) is 24.0 Å². The molecule has 4 aromatic carbocycles. The maximum atomic E-state index is 11.2. The minimum absolute atomic E-state index is 0.208. The highest BCUT2D eigenvalue weighted by Gasteiger charge is 2.25. The lowest BCUT2D eigenvalue weighted by molar-refractivity contribution is -0.138. The molecule has 2 aromatic heterocycles. The molecule has 2 saturated heterocycles. The molecule has 0 saturated carbocycles. The molecule has 0 atom stereocenters. The second-order valence-electron chi connectivity index (χ2n) is 15.0. The normalized spacial score (nSPS) is 16.1. The molecule has 2 fully saturated rings. The van der Waals surface area contributed by atoms with E-state index in [1.54, 1.807) is 14.2 Å². The Morgan fingerprint density at radius 2 is 1.57 bits per heavy atom. The van der Waals surface area contributed by atoms with Crippen LogP contribution in [0.4, 0.5) is 0 Å². The number of carboxylic acids is 1. The fourth-order valence-electron chi connectivity index (χ4n) is 8.43. The van der Waals surface area contributed by atoms with E-state index >= 15 is 0 Å². The Balaban J connectivity index is 1.09. The lowest BCUT2D eigenvalue weighted by Crippen LogP contribution is -2.35. The molecule has 0 spiro atoms. The van der Waals surface area contributed by atoms with Gasteiger partial charge in [-0.25, -0.2) is 9.67 Å². The van der Waals surface area contributed by atoms with Gasteiger partial charge in [-0.15, -0.1) is 0 Å². The molecule has 8 rings (SSSR count). The van der Waals surface area contributed by atoms with Gasteiger partial charge in [0.2, 0.25) is 5.89 Å². The van der Waals surface area contributed by atoms with Gasteiger partial charge in [0.15, 0.2) is 5.58 Å². The monoisotopic (exact) mass is 754 g/mol. The van der Waals surface area contributed by atoms with E-state index in [0.29, 0.717) is 35.6 Å². The van der Waals surface area contributed by atoms with Gasteiger partial charge in [0.1, 0.15) is 23.1 Å². The summed E-state index contributed by atoms with van der Waals surface area (Å²) in [6.07, 6.45) is 5.07. The third kappa shape index (κ3) is 7.33. The van der Waals surface area contributed by atoms with E-state index in [2.05, 4.69) is 41.0 Å². The molecule has 0 bridgehead atoms. The van der Waals surface area contributed by atoms with E-state index in [1.165, 1.54) is 0 Å². The van der Waals surface area contributed by atoms with E-state index in [9.17, 15) is 20.3 Å². The Morgan fingerprint density at radius 1 is 0.911 bits per heavy atom. The van der Waals surface area contributed by atoms with Crippen LogP contribution in [0.1, 0.15) is 54.4 Å². The van der Waals surface area contributed by atoms with Crippen molar-refractivity contribution in [2.24, 2.45) is 5.92 Å². The SMILES string of the molecule is COc1cc(-n2ncc3c(-c4cccc(-c5nc6cc(CN7CCC(CC(=O)O)CC7)cc(C#N)c6o5)c4C)cccc32)cc(OC)c1CN1CCC(O)CC1. The number of aliphatic carboxylic acids is 1. The van der Waals surface area contributed by atoms with Crippen molar-refractivity contribution in [2.45, 2.75) is 58.2 Å². The molecule has 0 amide bonds. The lowest BCUT2D eigenvalue weighted by atomic mass is 9.93. The summed E-state index contributed by atoms with van der Waals surface area (Å²) in [5.41, 5.74) is 9.07. The lowest BCUT2D eigenvalue weighted by Gasteiger charge is -2.31. The number of ether oxygens (including phenoxy) is 2. The maximum Gasteiger partial charge on any atom is 0.303 e. The van der Waals surface area contributed by atoms with Crippen molar-refractivity contribution >= 4 is 28.0 Å². The van der Waals surface area contributed by atoms with Crippen molar-refractivity contribution < 1.29 is 28.9 Å². The van der Waals surface area contributed by atoms with Crippen LogP contribution in [-0.2, 0) is 17.9 Å². The first-order valence-corrected chi connectivity index (χ1v) is 19.2. The van der Waals surface area contributed by atoms with Crippen molar-refractivity contribution in [1.29, 1.82) is 5.26 Å². The van der Waals surface area contributed by atoms with Gasteiger partial charge in [0.25, 0.3) is 0 Å². The van der Waals surface area contributed by atoms with Crippen LogP contribution < -0.4 is 9.47 Å². The second-order valence-corrected chi connectivity index (χ2v) is 15.0. The maximum absolute atomic E-state index is 11.2. The Kier molecular flexibility index (Phi) is 10.5. The van der Waals surface area contributed by atoms with Crippen molar-refractivity contribution in [2.75, 3.05) is 40.4 Å². The minimum atomic E-state index is -0.740. The van der Waals surface area contributed by atoms with Gasteiger partial charge in [-0.2, -0.15) is 10.4 Å². The van der Waals surface area contributed by atoms with E-state index < -0.39 is 5.97 Å². The summed E-state index contributed by atoms with van der Waals surface area (Å²) < 4.78 is 20.1. The predicted octanol–water partition coefficient (Wildman–Crippen LogP) is 7.34. The molecule has 0 unspecified atom stereocenters. The summed E-state index contributed by atoms with van der Waals surface area (Å²) in [6.45, 7) is 6.65. The third-order valence-corrected chi connectivity index (χ3v) is 11.5. The molecule has 2 aliphatic rings. The number of hydrogen-bond acceptors (Lipinski definition) is 10. The van der Waals surface area contributed by atoms with Crippen LogP contribution in [0.5, 0.6) is 11.5 Å². The molecule has 12 nitrogen and oxygen atoms in total. The van der Waals surface area contributed by atoms with Crippen molar-refractivity contribution in [3.05, 3.63) is 89.1 Å². The number of piperidine rings is 2. The number of methoxy groups -OCH3 is 2. The first-order valence-electron chi connectivity index (χ1n) is 19.2. The zero-order valence-corrected chi connectivity index (χ0v) is 32.0. The van der Waals surface area contributed by atoms with Crippen molar-refractivity contribution in [3.8, 4) is 45.8 Å². The van der Waals surface area contributed by atoms with Gasteiger partial charge < -0.3 is 24.1 Å². The number of rotatable bonds is 11. The summed E-state index contributed by atoms with van der Waals surface area (Å²) >= 11 is 0. The molecule has 56 heavy (non-hydrogen) atoms. The molecular weight excluding hydrogens is 709 g/mol. The van der Waals surface area contributed by atoms with Gasteiger partial charge in [0, 0.05) is 55.7 Å². The van der Waals surface area contributed by atoms with Gasteiger partial charge in [-0.3, -0.25) is 14.6 Å². The highest BCUT2D eigenvalue weighted by Crippen LogP contribution is 2.39. The fourth-order valence-corrected chi connectivity index (χ4v) is 8.43. The molecular formula is C44H46N6O6. The summed E-state index contributed by atoms with van der Waals surface area (Å²) in [6, 6.07) is 22.4. The number of nitrogens with zero attached hydrogens (tertiary/aromatic N) is 6. The van der Waals surface area contributed by atoms with Crippen molar-refractivity contribution in [3.63, 3.8) is 0 Å². The topological polar surface area (TPSA) is 150 Å². The largest absolute Gasteiger partial charge is 0.496 e. The summed E-state index contributed by atoms with van der Waals surface area (Å²) in [5, 5.41) is 35.1. The zero-order valence-electron chi connectivity index (χ0n) is 32.0. The average Bonchev–Trinajstić information content (AvgIpc) is 3.84. The first-order chi connectivity index (χ1) is 27.2. The third-order valence-electron chi connectivity index (χ3n) is 11.5. The van der Waals surface area contributed by atoms with Crippen molar-refractivity contribution in [1.82, 2.24) is 24.6 Å². The van der Waals surface area contributed by atoms with E-state index in [1.807, 2.05) is 53.3 Å². The van der Waals surface area contributed by atoms with Crippen LogP contribution in [0.15, 0.2) is 71.3 Å². The number of oxazole rings is 1. The number of hydrogen-bond donors (Lipinski definition) is 2. The van der Waals surface area contributed by atoms with Crippen LogP contribution in [-0.4, -0.2) is 87.2 Å². The molecule has 12 heteroatoms. The summed E-state index contributed by atoms with van der Waals surface area (Å²) in [5.74, 6) is 1.35. The van der Waals surface area contributed by atoms with Gasteiger partial charge >= 0.3 is 5.97 Å². The Labute approximate surface area is 325 Å². The van der Waals surface area contributed by atoms with Gasteiger partial charge in [-0.1, -0.05) is 24.3 Å². The molecule has 2 aliphatic heterocycles. The standard InChI is InChI=1S/C44H46N6O6/c1-27-33(6-4-7-34(27)44-47-38-19-29(18-30(23-45)43(38)56-44)25-48-14-10-28(11-15-48)20-42(52)53)35-8-5-9-39-36(35)24-46-50(39)31-21-40(54-2)37(41(22-31)55-3)26-49-16-12-32(51)13-17-49/h4-9,18-19,21-22,24,28,32,51H,10-17,20,25-26H2,1-3H3,(H,52,53). The minimum Gasteiger partial charge on any atom is -0.496 e. The van der Waals surface area contributed by atoms with Crippen LogP contribution in [0.25, 0.3) is 50.3 Å². The van der Waals surface area contributed by atoms with Gasteiger partial charge in [-0.05, 0) is 98.1 Å². The van der Waals surface area contributed by atoms with Crippen LogP contribution in [0.3, 0.4) is 0 Å². The number of carboxylic acid groups (broad SMARTS) is 1. The number of benzene rings is 4. The number of carbonyl (C=O) groups is 1.